The van der Waals surface area contributed by atoms with E-state index in [-0.39, 0.29) is 0 Å². The van der Waals surface area contributed by atoms with Crippen LogP contribution in [0.25, 0.3) is 0 Å². The van der Waals surface area contributed by atoms with Gasteiger partial charge in [0.15, 0.2) is 0 Å². The van der Waals surface area contributed by atoms with E-state index < -0.39 is 0 Å². The molecular formula is C16H25NO. The lowest BCUT2D eigenvalue weighted by molar-refractivity contribution is 0.0628. The Morgan fingerprint density at radius 2 is 2.00 bits per heavy atom. The second-order valence-electron chi connectivity index (χ2n) is 5.53. The molecule has 2 heteroatoms. The highest BCUT2D eigenvalue weighted by atomic mass is 16.5. The third kappa shape index (κ3) is 3.56. The standard InChI is InChI=1S/C16H25NO/c1-12(2)18-11-16(17-3)10-13-7-8-14-5-4-6-15(14)9-13/h7-9,12,16-17H,4-6,10-11H2,1-3H3. The molecule has 0 aromatic heterocycles. The fourth-order valence-corrected chi connectivity index (χ4v) is 2.59. The van der Waals surface area contributed by atoms with E-state index in [9.17, 15) is 0 Å². The molecule has 0 saturated carbocycles. The molecule has 1 atom stereocenters. The predicted octanol–water partition coefficient (Wildman–Crippen LogP) is 2.73. The summed E-state index contributed by atoms with van der Waals surface area (Å²) >= 11 is 0. The summed E-state index contributed by atoms with van der Waals surface area (Å²) in [5, 5.41) is 3.35. The summed E-state index contributed by atoms with van der Waals surface area (Å²) in [4.78, 5) is 0. The van der Waals surface area contributed by atoms with Crippen molar-refractivity contribution in [3.8, 4) is 0 Å². The zero-order valence-corrected chi connectivity index (χ0v) is 11.8. The minimum atomic E-state index is 0.306. The van der Waals surface area contributed by atoms with Crippen molar-refractivity contribution < 1.29 is 4.74 Å². The third-order valence-electron chi connectivity index (χ3n) is 3.68. The zero-order chi connectivity index (χ0) is 13.0. The topological polar surface area (TPSA) is 21.3 Å². The number of aryl methyl sites for hydroxylation is 2. The number of fused-ring (bicyclic) bond motifs is 1. The Hall–Kier alpha value is -0.860. The van der Waals surface area contributed by atoms with Gasteiger partial charge >= 0.3 is 0 Å². The lowest BCUT2D eigenvalue weighted by Gasteiger charge is -2.18. The summed E-state index contributed by atoms with van der Waals surface area (Å²) in [6.45, 7) is 4.95. The summed E-state index contributed by atoms with van der Waals surface area (Å²) in [6.07, 6.45) is 5.21. The highest BCUT2D eigenvalue weighted by Crippen LogP contribution is 2.23. The van der Waals surface area contributed by atoms with E-state index in [4.69, 9.17) is 4.74 Å². The van der Waals surface area contributed by atoms with Gasteiger partial charge in [-0.05, 0) is 63.3 Å². The van der Waals surface area contributed by atoms with Crippen LogP contribution in [0.3, 0.4) is 0 Å². The van der Waals surface area contributed by atoms with Gasteiger partial charge in [0, 0.05) is 6.04 Å². The minimum Gasteiger partial charge on any atom is -0.377 e. The Kier molecular flexibility index (Phi) is 4.79. The molecule has 0 bridgehead atoms. The third-order valence-corrected chi connectivity index (χ3v) is 3.68. The maximum atomic E-state index is 5.70. The second-order valence-corrected chi connectivity index (χ2v) is 5.53. The van der Waals surface area contributed by atoms with Crippen molar-refractivity contribution >= 4 is 0 Å². The number of rotatable bonds is 6. The van der Waals surface area contributed by atoms with Gasteiger partial charge in [0.2, 0.25) is 0 Å². The van der Waals surface area contributed by atoms with Crippen LogP contribution in [0.15, 0.2) is 18.2 Å². The zero-order valence-electron chi connectivity index (χ0n) is 11.8. The molecule has 0 aliphatic heterocycles. The molecule has 0 fully saturated rings. The summed E-state index contributed by atoms with van der Waals surface area (Å²) in [5.41, 5.74) is 4.55. The Morgan fingerprint density at radius 1 is 1.22 bits per heavy atom. The van der Waals surface area contributed by atoms with Gasteiger partial charge in [-0.2, -0.15) is 0 Å². The van der Waals surface area contributed by atoms with Crippen LogP contribution in [0.1, 0.15) is 37.0 Å². The molecule has 1 aliphatic carbocycles. The van der Waals surface area contributed by atoms with Crippen LogP contribution in [0, 0.1) is 0 Å². The van der Waals surface area contributed by atoms with E-state index >= 15 is 0 Å². The van der Waals surface area contributed by atoms with Crippen LogP contribution in [0.5, 0.6) is 0 Å². The number of nitrogens with one attached hydrogen (secondary N) is 1. The van der Waals surface area contributed by atoms with E-state index in [1.807, 2.05) is 7.05 Å². The molecule has 0 heterocycles. The summed E-state index contributed by atoms with van der Waals surface area (Å²) in [5.74, 6) is 0. The molecule has 1 aromatic carbocycles. The molecule has 1 aromatic rings. The Morgan fingerprint density at radius 3 is 2.72 bits per heavy atom. The van der Waals surface area contributed by atoms with Gasteiger partial charge < -0.3 is 10.1 Å². The van der Waals surface area contributed by atoms with Gasteiger partial charge in [-0.1, -0.05) is 18.2 Å². The highest BCUT2D eigenvalue weighted by Gasteiger charge is 2.13. The number of ether oxygens (including phenoxy) is 1. The fraction of sp³-hybridized carbons (Fsp3) is 0.625. The molecule has 0 radical (unpaired) electrons. The second kappa shape index (κ2) is 6.35. The van der Waals surface area contributed by atoms with Gasteiger partial charge in [-0.3, -0.25) is 0 Å². The fourth-order valence-electron chi connectivity index (χ4n) is 2.59. The summed E-state index contributed by atoms with van der Waals surface area (Å²) < 4.78 is 5.70. The predicted molar refractivity (Wildman–Crippen MR) is 76.1 cm³/mol. The Balaban J connectivity index is 1.94. The maximum Gasteiger partial charge on any atom is 0.0626 e. The first-order valence-electron chi connectivity index (χ1n) is 7.08. The highest BCUT2D eigenvalue weighted by molar-refractivity contribution is 5.35. The van der Waals surface area contributed by atoms with Crippen LogP contribution in [0.2, 0.25) is 0 Å². The largest absolute Gasteiger partial charge is 0.377 e. The molecule has 0 spiro atoms. The van der Waals surface area contributed by atoms with Gasteiger partial charge in [0.05, 0.1) is 12.7 Å². The van der Waals surface area contributed by atoms with E-state index in [1.54, 1.807) is 11.1 Å². The lowest BCUT2D eigenvalue weighted by Crippen LogP contribution is -2.33. The summed E-state index contributed by atoms with van der Waals surface area (Å²) in [6, 6.07) is 7.39. The molecule has 100 valence electrons. The van der Waals surface area contributed by atoms with E-state index in [1.165, 1.54) is 24.8 Å². The molecule has 1 N–H and O–H groups in total. The lowest BCUT2D eigenvalue weighted by atomic mass is 10.0. The molecule has 1 aliphatic rings. The van der Waals surface area contributed by atoms with Crippen molar-refractivity contribution in [3.05, 3.63) is 34.9 Å². The van der Waals surface area contributed by atoms with Crippen LogP contribution in [-0.2, 0) is 24.0 Å². The first-order valence-corrected chi connectivity index (χ1v) is 7.08. The van der Waals surface area contributed by atoms with Gasteiger partial charge in [0.25, 0.3) is 0 Å². The van der Waals surface area contributed by atoms with Crippen molar-refractivity contribution in [2.75, 3.05) is 13.7 Å². The van der Waals surface area contributed by atoms with Gasteiger partial charge in [-0.25, -0.2) is 0 Å². The maximum absolute atomic E-state index is 5.70. The first-order chi connectivity index (χ1) is 8.69. The molecule has 2 nitrogen and oxygen atoms in total. The number of likely N-dealkylation sites (N-methyl/N-ethyl adjacent to an activating group) is 1. The monoisotopic (exact) mass is 247 g/mol. The molecule has 2 rings (SSSR count). The first kappa shape index (κ1) is 13.6. The average Bonchev–Trinajstić information content (AvgIpc) is 2.81. The van der Waals surface area contributed by atoms with Crippen molar-refractivity contribution in [1.29, 1.82) is 0 Å². The van der Waals surface area contributed by atoms with Crippen LogP contribution in [-0.4, -0.2) is 25.8 Å². The molecule has 0 saturated heterocycles. The van der Waals surface area contributed by atoms with E-state index in [2.05, 4.69) is 37.4 Å². The molecule has 0 amide bonds. The SMILES string of the molecule is CNC(COC(C)C)Cc1ccc2c(c1)CCC2. The van der Waals surface area contributed by atoms with Gasteiger partial charge in [-0.15, -0.1) is 0 Å². The normalized spacial score (nSPS) is 16.0. The smallest absolute Gasteiger partial charge is 0.0626 e. The quantitative estimate of drug-likeness (QED) is 0.834. The number of benzene rings is 1. The minimum absolute atomic E-state index is 0.306. The number of hydrogen-bond acceptors (Lipinski definition) is 2. The van der Waals surface area contributed by atoms with Crippen molar-refractivity contribution in [2.24, 2.45) is 0 Å². The van der Waals surface area contributed by atoms with E-state index in [0.717, 1.165) is 13.0 Å². The summed E-state index contributed by atoms with van der Waals surface area (Å²) in [7, 11) is 2.02. The Bertz CT molecular complexity index is 387. The van der Waals surface area contributed by atoms with Crippen molar-refractivity contribution in [2.45, 2.75) is 51.7 Å². The van der Waals surface area contributed by atoms with Crippen LogP contribution in [0.4, 0.5) is 0 Å². The number of hydrogen-bond donors (Lipinski definition) is 1. The van der Waals surface area contributed by atoms with E-state index in [0.29, 0.717) is 12.1 Å². The molecule has 1 unspecified atom stereocenters. The average molecular weight is 247 g/mol. The van der Waals surface area contributed by atoms with Crippen molar-refractivity contribution in [3.63, 3.8) is 0 Å². The van der Waals surface area contributed by atoms with Gasteiger partial charge in [0.1, 0.15) is 0 Å². The Labute approximate surface area is 111 Å². The van der Waals surface area contributed by atoms with Crippen LogP contribution < -0.4 is 5.32 Å². The molecular weight excluding hydrogens is 222 g/mol. The molecule has 18 heavy (non-hydrogen) atoms. The van der Waals surface area contributed by atoms with Crippen molar-refractivity contribution in [1.82, 2.24) is 5.32 Å². The van der Waals surface area contributed by atoms with Crippen LogP contribution >= 0.6 is 0 Å².